The van der Waals surface area contributed by atoms with Crippen LogP contribution in [0.1, 0.15) is 33.3 Å². The van der Waals surface area contributed by atoms with E-state index in [1.54, 1.807) is 0 Å². The number of halogens is 1. The van der Waals surface area contributed by atoms with Gasteiger partial charge in [0.25, 0.3) is 0 Å². The van der Waals surface area contributed by atoms with Crippen LogP contribution in [0.5, 0.6) is 0 Å². The summed E-state index contributed by atoms with van der Waals surface area (Å²) in [7, 11) is -3.98. The van der Waals surface area contributed by atoms with Crippen molar-refractivity contribution in [2.75, 3.05) is 6.26 Å². The third-order valence-corrected chi connectivity index (χ3v) is 4.87. The summed E-state index contributed by atoms with van der Waals surface area (Å²) >= 11 is 0. The van der Waals surface area contributed by atoms with Crippen LogP contribution >= 0.6 is 0 Å². The number of benzene rings is 1. The van der Waals surface area contributed by atoms with Crippen molar-refractivity contribution in [1.82, 2.24) is 0 Å². The molecular weight excluding hydrogens is 294 g/mol. The lowest BCUT2D eigenvalue weighted by molar-refractivity contribution is 0.00578. The largest absolute Gasteiger partial charge is 0.495 e. The summed E-state index contributed by atoms with van der Waals surface area (Å²) in [6.45, 7) is 7.64. The van der Waals surface area contributed by atoms with Crippen LogP contribution in [0.25, 0.3) is 0 Å². The molecule has 0 amide bonds. The molecule has 0 bridgehead atoms. The number of rotatable bonds is 3. The van der Waals surface area contributed by atoms with Crippen LogP contribution in [-0.2, 0) is 24.9 Å². The lowest BCUT2D eigenvalue weighted by Gasteiger charge is -2.32. The normalized spacial score (nSPS) is 20.8. The first-order chi connectivity index (χ1) is 9.41. The molecule has 4 nitrogen and oxygen atoms in total. The molecule has 0 atom stereocenters. The molecule has 0 N–H and O–H groups in total. The van der Waals surface area contributed by atoms with E-state index in [0.717, 1.165) is 6.26 Å². The Labute approximate surface area is 125 Å². The number of hydrogen-bond donors (Lipinski definition) is 0. The van der Waals surface area contributed by atoms with Gasteiger partial charge in [-0.2, -0.15) is 0 Å². The fourth-order valence-electron chi connectivity index (χ4n) is 2.18. The molecule has 0 saturated carbocycles. The molecule has 1 aromatic rings. The first kappa shape index (κ1) is 16.5. The third-order valence-electron chi connectivity index (χ3n) is 4.03. The molecule has 21 heavy (non-hydrogen) atoms. The summed E-state index contributed by atoms with van der Waals surface area (Å²) in [5, 5.41) is 0. The van der Waals surface area contributed by atoms with Crippen molar-refractivity contribution in [2.45, 2.75) is 44.6 Å². The van der Waals surface area contributed by atoms with E-state index in [1.165, 1.54) is 18.2 Å². The molecule has 1 saturated heterocycles. The van der Waals surface area contributed by atoms with Crippen molar-refractivity contribution in [2.24, 2.45) is 0 Å². The standard InChI is InChI=1S/C14H20BFO4S/c1-13(2)14(3,4)20-15(19-13)12-7-6-11(16)8-10(12)9-21(5,17)18/h6-8H,9H2,1-5H3. The molecule has 0 aliphatic carbocycles. The van der Waals surface area contributed by atoms with Gasteiger partial charge in [0, 0.05) is 6.26 Å². The van der Waals surface area contributed by atoms with Crippen molar-refractivity contribution in [1.29, 1.82) is 0 Å². The van der Waals surface area contributed by atoms with E-state index >= 15 is 0 Å². The highest BCUT2D eigenvalue weighted by Crippen LogP contribution is 2.36. The molecule has 2 rings (SSSR count). The van der Waals surface area contributed by atoms with Gasteiger partial charge in [-0.05, 0) is 50.9 Å². The van der Waals surface area contributed by atoms with Crippen molar-refractivity contribution in [3.8, 4) is 0 Å². The molecule has 0 spiro atoms. The highest BCUT2D eigenvalue weighted by atomic mass is 32.2. The Kier molecular flexibility index (Phi) is 3.97. The average Bonchev–Trinajstić information content (AvgIpc) is 2.45. The summed E-state index contributed by atoms with van der Waals surface area (Å²) in [5.41, 5.74) is -0.139. The lowest BCUT2D eigenvalue weighted by Crippen LogP contribution is -2.41. The van der Waals surface area contributed by atoms with Crippen LogP contribution < -0.4 is 5.46 Å². The minimum absolute atomic E-state index is 0.246. The topological polar surface area (TPSA) is 52.6 Å². The highest BCUT2D eigenvalue weighted by Gasteiger charge is 2.52. The Bertz CT molecular complexity index is 639. The number of sulfone groups is 1. The van der Waals surface area contributed by atoms with E-state index < -0.39 is 34.0 Å². The van der Waals surface area contributed by atoms with Gasteiger partial charge in [0.1, 0.15) is 5.82 Å². The highest BCUT2D eigenvalue weighted by molar-refractivity contribution is 7.89. The van der Waals surface area contributed by atoms with Crippen LogP contribution in [0.15, 0.2) is 18.2 Å². The van der Waals surface area contributed by atoms with Crippen LogP contribution in [0, 0.1) is 5.82 Å². The molecule has 1 aliphatic heterocycles. The number of hydrogen-bond acceptors (Lipinski definition) is 4. The van der Waals surface area contributed by atoms with E-state index in [1.807, 2.05) is 27.7 Å². The summed E-state index contributed by atoms with van der Waals surface area (Å²) < 4.78 is 48.3. The van der Waals surface area contributed by atoms with Crippen LogP contribution in [0.3, 0.4) is 0 Å². The first-order valence-electron chi connectivity index (χ1n) is 6.73. The molecule has 1 aromatic carbocycles. The quantitative estimate of drug-likeness (QED) is 0.797. The molecule has 1 aliphatic rings. The molecule has 1 heterocycles. The Morgan fingerprint density at radius 3 is 2.14 bits per heavy atom. The van der Waals surface area contributed by atoms with Crippen LogP contribution in [0.2, 0.25) is 0 Å². The molecule has 1 fully saturated rings. The zero-order valence-corrected chi connectivity index (χ0v) is 13.8. The van der Waals surface area contributed by atoms with E-state index in [9.17, 15) is 12.8 Å². The predicted octanol–water partition coefficient (Wildman–Crippen LogP) is 1.67. The van der Waals surface area contributed by atoms with E-state index in [2.05, 4.69) is 0 Å². The van der Waals surface area contributed by atoms with Gasteiger partial charge < -0.3 is 9.31 Å². The summed E-state index contributed by atoms with van der Waals surface area (Å²) in [5.74, 6) is -0.724. The van der Waals surface area contributed by atoms with Crippen molar-refractivity contribution >= 4 is 22.4 Å². The monoisotopic (exact) mass is 314 g/mol. The Morgan fingerprint density at radius 2 is 1.67 bits per heavy atom. The first-order valence-corrected chi connectivity index (χ1v) is 8.79. The zero-order chi connectivity index (χ0) is 16.1. The van der Waals surface area contributed by atoms with Gasteiger partial charge in [0.2, 0.25) is 0 Å². The smallest absolute Gasteiger partial charge is 0.399 e. The Hall–Kier alpha value is -0.915. The predicted molar refractivity (Wildman–Crippen MR) is 80.7 cm³/mol. The van der Waals surface area contributed by atoms with Gasteiger partial charge in [-0.15, -0.1) is 0 Å². The van der Waals surface area contributed by atoms with Gasteiger partial charge in [-0.3, -0.25) is 0 Å². The van der Waals surface area contributed by atoms with Crippen molar-refractivity contribution in [3.63, 3.8) is 0 Å². The van der Waals surface area contributed by atoms with Gasteiger partial charge >= 0.3 is 7.12 Å². The second-order valence-electron chi connectivity index (χ2n) is 6.50. The SMILES string of the molecule is CC1(C)OB(c2ccc(F)cc2CS(C)(=O)=O)OC1(C)C. The maximum Gasteiger partial charge on any atom is 0.495 e. The molecule has 116 valence electrons. The van der Waals surface area contributed by atoms with Crippen LogP contribution in [0.4, 0.5) is 4.39 Å². The molecule has 0 radical (unpaired) electrons. The maximum absolute atomic E-state index is 13.4. The second kappa shape index (κ2) is 5.07. The Morgan fingerprint density at radius 1 is 1.14 bits per heavy atom. The van der Waals surface area contributed by atoms with E-state index in [0.29, 0.717) is 11.0 Å². The minimum atomic E-state index is -3.28. The van der Waals surface area contributed by atoms with Gasteiger partial charge in [-0.25, -0.2) is 12.8 Å². The fraction of sp³-hybridized carbons (Fsp3) is 0.571. The van der Waals surface area contributed by atoms with Gasteiger partial charge in [-0.1, -0.05) is 6.07 Å². The zero-order valence-electron chi connectivity index (χ0n) is 12.9. The second-order valence-corrected chi connectivity index (χ2v) is 8.64. The van der Waals surface area contributed by atoms with Crippen LogP contribution in [-0.4, -0.2) is 33.0 Å². The summed E-state index contributed by atoms with van der Waals surface area (Å²) in [4.78, 5) is 0. The molecular formula is C14H20BFO4S. The van der Waals surface area contributed by atoms with Gasteiger partial charge in [0.15, 0.2) is 9.84 Å². The third kappa shape index (κ3) is 3.47. The fourth-order valence-corrected chi connectivity index (χ4v) is 3.00. The maximum atomic E-state index is 13.4. The van der Waals surface area contributed by atoms with Crippen molar-refractivity contribution in [3.05, 3.63) is 29.6 Å². The average molecular weight is 314 g/mol. The molecule has 0 aromatic heterocycles. The molecule has 0 unspecified atom stereocenters. The minimum Gasteiger partial charge on any atom is -0.399 e. The summed E-state index contributed by atoms with van der Waals surface area (Å²) in [6, 6.07) is 4.03. The molecule has 7 heteroatoms. The van der Waals surface area contributed by atoms with E-state index in [-0.39, 0.29) is 5.75 Å². The lowest BCUT2D eigenvalue weighted by atomic mass is 9.76. The van der Waals surface area contributed by atoms with Crippen molar-refractivity contribution < 1.29 is 22.1 Å². The Balaban J connectivity index is 2.42. The van der Waals surface area contributed by atoms with E-state index in [4.69, 9.17) is 9.31 Å². The van der Waals surface area contributed by atoms with Gasteiger partial charge in [0.05, 0.1) is 17.0 Å². The summed E-state index contributed by atoms with van der Waals surface area (Å²) in [6.07, 6.45) is 1.12.